The molecule has 0 saturated carbocycles. The van der Waals surface area contributed by atoms with Crippen molar-refractivity contribution in [2.24, 2.45) is 0 Å². The van der Waals surface area contributed by atoms with Gasteiger partial charge in [0.1, 0.15) is 0 Å². The van der Waals surface area contributed by atoms with Gasteiger partial charge in [0, 0.05) is 31.1 Å². The average Bonchev–Trinajstić information content (AvgIpc) is 3.12. The van der Waals surface area contributed by atoms with Crippen LogP contribution in [0.4, 0.5) is 0 Å². The SMILES string of the molecule is CN(Cc1ccccc1)C1CCCN(C(=O)Cc2[nH]nc3ccccc23)C1. The van der Waals surface area contributed by atoms with Crippen molar-refractivity contribution in [2.45, 2.75) is 31.8 Å². The largest absolute Gasteiger partial charge is 0.341 e. The molecule has 4 rings (SSSR count). The Labute approximate surface area is 160 Å². The van der Waals surface area contributed by atoms with E-state index >= 15 is 0 Å². The molecule has 3 aromatic rings. The molecule has 1 fully saturated rings. The van der Waals surface area contributed by atoms with Crippen LogP contribution in [0.3, 0.4) is 0 Å². The minimum absolute atomic E-state index is 0.183. The van der Waals surface area contributed by atoms with Gasteiger partial charge in [-0.05, 0) is 31.5 Å². The summed E-state index contributed by atoms with van der Waals surface area (Å²) in [5.41, 5.74) is 3.14. The van der Waals surface area contributed by atoms with Crippen molar-refractivity contribution in [2.75, 3.05) is 20.1 Å². The third-order valence-electron chi connectivity index (χ3n) is 5.52. The number of rotatable bonds is 5. The van der Waals surface area contributed by atoms with E-state index in [1.807, 2.05) is 35.2 Å². The molecule has 0 spiro atoms. The number of amides is 1. The van der Waals surface area contributed by atoms with E-state index in [0.29, 0.717) is 12.5 Å². The van der Waals surface area contributed by atoms with Crippen LogP contribution < -0.4 is 0 Å². The van der Waals surface area contributed by atoms with Gasteiger partial charge in [-0.1, -0.05) is 48.5 Å². The van der Waals surface area contributed by atoms with Gasteiger partial charge in [-0.25, -0.2) is 0 Å². The molecule has 1 N–H and O–H groups in total. The number of H-pyrrole nitrogens is 1. The number of fused-ring (bicyclic) bond motifs is 1. The minimum Gasteiger partial charge on any atom is -0.341 e. The summed E-state index contributed by atoms with van der Waals surface area (Å²) in [5.74, 6) is 0.183. The second kappa shape index (κ2) is 7.92. The van der Waals surface area contributed by atoms with Gasteiger partial charge in [0.05, 0.1) is 17.6 Å². The van der Waals surface area contributed by atoms with Crippen molar-refractivity contribution in [1.29, 1.82) is 0 Å². The summed E-state index contributed by atoms with van der Waals surface area (Å²) in [6, 6.07) is 18.9. The van der Waals surface area contributed by atoms with Gasteiger partial charge in [0.25, 0.3) is 0 Å². The summed E-state index contributed by atoms with van der Waals surface area (Å²) >= 11 is 0. The van der Waals surface area contributed by atoms with E-state index in [1.165, 1.54) is 5.56 Å². The molecule has 1 atom stereocenters. The maximum Gasteiger partial charge on any atom is 0.228 e. The van der Waals surface area contributed by atoms with Gasteiger partial charge in [0.2, 0.25) is 5.91 Å². The number of aromatic nitrogens is 2. The maximum atomic E-state index is 12.9. The molecule has 1 aromatic heterocycles. The Bertz CT molecular complexity index is 905. The summed E-state index contributed by atoms with van der Waals surface area (Å²) in [5, 5.41) is 8.39. The normalized spacial score (nSPS) is 17.6. The summed E-state index contributed by atoms with van der Waals surface area (Å²) in [4.78, 5) is 17.3. The third-order valence-corrected chi connectivity index (χ3v) is 5.52. The lowest BCUT2D eigenvalue weighted by Gasteiger charge is -2.37. The maximum absolute atomic E-state index is 12.9. The van der Waals surface area contributed by atoms with Gasteiger partial charge in [0.15, 0.2) is 0 Å². The zero-order valence-corrected chi connectivity index (χ0v) is 15.8. The zero-order valence-electron chi connectivity index (χ0n) is 15.8. The molecule has 140 valence electrons. The number of likely N-dealkylation sites (N-methyl/N-ethyl adjacent to an activating group) is 1. The number of nitrogens with one attached hydrogen (secondary N) is 1. The molecule has 27 heavy (non-hydrogen) atoms. The Hall–Kier alpha value is -2.66. The summed E-state index contributed by atoms with van der Waals surface area (Å²) in [7, 11) is 2.16. The van der Waals surface area contributed by atoms with Crippen molar-refractivity contribution in [3.63, 3.8) is 0 Å². The minimum atomic E-state index is 0.183. The molecule has 1 saturated heterocycles. The van der Waals surface area contributed by atoms with E-state index in [0.717, 1.165) is 49.1 Å². The highest BCUT2D eigenvalue weighted by Gasteiger charge is 2.26. The Kier molecular flexibility index (Phi) is 5.21. The monoisotopic (exact) mass is 362 g/mol. The number of likely N-dealkylation sites (tertiary alicyclic amines) is 1. The van der Waals surface area contributed by atoms with Crippen LogP contribution in [-0.2, 0) is 17.8 Å². The Morgan fingerprint density at radius 3 is 2.81 bits per heavy atom. The fourth-order valence-corrected chi connectivity index (χ4v) is 3.95. The molecule has 1 aliphatic heterocycles. The average molecular weight is 362 g/mol. The number of carbonyl (C=O) groups excluding carboxylic acids is 1. The van der Waals surface area contributed by atoms with E-state index < -0.39 is 0 Å². The molecule has 2 aromatic carbocycles. The fraction of sp³-hybridized carbons (Fsp3) is 0.364. The van der Waals surface area contributed by atoms with Crippen LogP contribution in [0.25, 0.3) is 10.9 Å². The number of nitrogens with zero attached hydrogens (tertiary/aromatic N) is 3. The number of carbonyl (C=O) groups is 1. The molecule has 5 nitrogen and oxygen atoms in total. The standard InChI is InChI=1S/C22H26N4O/c1-25(15-17-8-3-2-4-9-17)18-10-7-13-26(16-18)22(27)14-21-19-11-5-6-12-20(19)23-24-21/h2-6,8-9,11-12,18H,7,10,13-16H2,1H3,(H,23,24). The smallest absolute Gasteiger partial charge is 0.228 e. The van der Waals surface area contributed by atoms with Gasteiger partial charge < -0.3 is 4.90 Å². The predicted octanol–water partition coefficient (Wildman–Crippen LogP) is 3.23. The Morgan fingerprint density at radius 1 is 1.19 bits per heavy atom. The molecule has 2 heterocycles. The number of hydrogen-bond donors (Lipinski definition) is 1. The van der Waals surface area contributed by atoms with Gasteiger partial charge in [-0.3, -0.25) is 14.8 Å². The van der Waals surface area contributed by atoms with Crippen LogP contribution in [0.5, 0.6) is 0 Å². The second-order valence-corrected chi connectivity index (χ2v) is 7.43. The molecular weight excluding hydrogens is 336 g/mol. The van der Waals surface area contributed by atoms with Crippen molar-refractivity contribution >= 4 is 16.8 Å². The number of para-hydroxylation sites is 1. The highest BCUT2D eigenvalue weighted by molar-refractivity contribution is 5.87. The molecular formula is C22H26N4O. The molecule has 0 radical (unpaired) electrons. The van der Waals surface area contributed by atoms with Crippen molar-refractivity contribution in [1.82, 2.24) is 20.0 Å². The van der Waals surface area contributed by atoms with Crippen molar-refractivity contribution < 1.29 is 4.79 Å². The lowest BCUT2D eigenvalue weighted by Crippen LogP contribution is -2.48. The first-order valence-corrected chi connectivity index (χ1v) is 9.64. The van der Waals surface area contributed by atoms with Crippen LogP contribution in [0, 0.1) is 0 Å². The third kappa shape index (κ3) is 4.03. The molecule has 1 amide bonds. The van der Waals surface area contributed by atoms with E-state index in [4.69, 9.17) is 0 Å². The van der Waals surface area contributed by atoms with Crippen LogP contribution in [0.15, 0.2) is 54.6 Å². The highest BCUT2D eigenvalue weighted by Crippen LogP contribution is 2.20. The first-order chi connectivity index (χ1) is 13.2. The molecule has 1 aliphatic rings. The zero-order chi connectivity index (χ0) is 18.6. The summed E-state index contributed by atoms with van der Waals surface area (Å²) in [6.45, 7) is 2.56. The van der Waals surface area contributed by atoms with E-state index in [1.54, 1.807) is 0 Å². The topological polar surface area (TPSA) is 52.2 Å². The van der Waals surface area contributed by atoms with E-state index in [9.17, 15) is 4.79 Å². The Balaban J connectivity index is 1.39. The van der Waals surface area contributed by atoms with Crippen LogP contribution in [0.2, 0.25) is 0 Å². The van der Waals surface area contributed by atoms with Gasteiger partial charge in [-0.15, -0.1) is 0 Å². The highest BCUT2D eigenvalue weighted by atomic mass is 16.2. The number of hydrogen-bond acceptors (Lipinski definition) is 3. The van der Waals surface area contributed by atoms with Crippen LogP contribution in [0.1, 0.15) is 24.1 Å². The number of aromatic amines is 1. The van der Waals surface area contributed by atoms with Gasteiger partial charge >= 0.3 is 0 Å². The Morgan fingerprint density at radius 2 is 1.96 bits per heavy atom. The first kappa shape index (κ1) is 17.7. The molecule has 1 unspecified atom stereocenters. The van der Waals surface area contributed by atoms with E-state index in [-0.39, 0.29) is 5.91 Å². The fourth-order valence-electron chi connectivity index (χ4n) is 3.95. The number of benzene rings is 2. The van der Waals surface area contributed by atoms with Crippen LogP contribution >= 0.6 is 0 Å². The molecule has 5 heteroatoms. The lowest BCUT2D eigenvalue weighted by molar-refractivity contribution is -0.132. The van der Waals surface area contributed by atoms with Crippen LogP contribution in [-0.4, -0.2) is 52.1 Å². The van der Waals surface area contributed by atoms with Crippen molar-refractivity contribution in [3.8, 4) is 0 Å². The molecule has 0 aliphatic carbocycles. The second-order valence-electron chi connectivity index (χ2n) is 7.43. The first-order valence-electron chi connectivity index (χ1n) is 9.64. The number of piperidine rings is 1. The van der Waals surface area contributed by atoms with Crippen molar-refractivity contribution in [3.05, 3.63) is 65.9 Å². The summed E-state index contributed by atoms with van der Waals surface area (Å²) < 4.78 is 0. The van der Waals surface area contributed by atoms with E-state index in [2.05, 4.69) is 46.4 Å². The van der Waals surface area contributed by atoms with Gasteiger partial charge in [-0.2, -0.15) is 5.10 Å². The quantitative estimate of drug-likeness (QED) is 0.758. The molecule has 0 bridgehead atoms. The summed E-state index contributed by atoms with van der Waals surface area (Å²) in [6.07, 6.45) is 2.58. The predicted molar refractivity (Wildman–Crippen MR) is 107 cm³/mol. The lowest BCUT2D eigenvalue weighted by atomic mass is 10.0.